The number of hydrogen-bond donors (Lipinski definition) is 1. The molecule has 1 aromatic rings. The molecule has 3 rings (SSSR count). The highest BCUT2D eigenvalue weighted by atomic mass is 16.5. The highest BCUT2D eigenvalue weighted by Gasteiger charge is 2.59. The van der Waals surface area contributed by atoms with Gasteiger partial charge in [0.1, 0.15) is 11.7 Å². The number of methoxy groups -OCH3 is 1. The largest absolute Gasteiger partial charge is 0.377 e. The van der Waals surface area contributed by atoms with Crippen LogP contribution in [0.1, 0.15) is 38.4 Å². The smallest absolute Gasteiger partial charge is 0.244 e. The fourth-order valence-electron chi connectivity index (χ4n) is 2.81. The molecule has 1 N–H and O–H groups in total. The SMILES string of the molecule is COC(C)(C)CN1C(=O)C2(CC2)NC1c1ccccc1. The minimum atomic E-state index is -0.342. The second kappa shape index (κ2) is 4.57. The van der Waals surface area contributed by atoms with Crippen LogP contribution in [-0.2, 0) is 9.53 Å². The molecule has 0 radical (unpaired) electrons. The molecular formula is C16H22N2O2. The van der Waals surface area contributed by atoms with Crippen LogP contribution in [0, 0.1) is 0 Å². The predicted molar refractivity (Wildman–Crippen MR) is 77.1 cm³/mol. The average molecular weight is 274 g/mol. The lowest BCUT2D eigenvalue weighted by Gasteiger charge is -2.32. The molecule has 1 spiro atoms. The van der Waals surface area contributed by atoms with Crippen LogP contribution in [-0.4, -0.2) is 35.6 Å². The molecule has 4 nitrogen and oxygen atoms in total. The maximum absolute atomic E-state index is 12.7. The molecule has 1 unspecified atom stereocenters. The van der Waals surface area contributed by atoms with E-state index in [0.29, 0.717) is 6.54 Å². The zero-order chi connectivity index (χ0) is 14.4. The molecule has 20 heavy (non-hydrogen) atoms. The van der Waals surface area contributed by atoms with Gasteiger partial charge in [0.05, 0.1) is 12.1 Å². The third-order valence-corrected chi connectivity index (χ3v) is 4.36. The van der Waals surface area contributed by atoms with Crippen LogP contribution in [0.15, 0.2) is 30.3 Å². The second-order valence-corrected chi connectivity index (χ2v) is 6.44. The summed E-state index contributed by atoms with van der Waals surface area (Å²) in [5.74, 6) is 0.219. The van der Waals surface area contributed by atoms with Crippen LogP contribution in [0.5, 0.6) is 0 Å². The molecule has 0 aromatic heterocycles. The number of rotatable bonds is 4. The van der Waals surface area contributed by atoms with Crippen LogP contribution < -0.4 is 5.32 Å². The average Bonchev–Trinajstić information content (AvgIpc) is 3.19. The quantitative estimate of drug-likeness (QED) is 0.914. The van der Waals surface area contributed by atoms with E-state index in [1.54, 1.807) is 7.11 Å². The summed E-state index contributed by atoms with van der Waals surface area (Å²) in [6, 6.07) is 10.2. The molecule has 108 valence electrons. The van der Waals surface area contributed by atoms with Gasteiger partial charge in [-0.05, 0) is 32.3 Å². The lowest BCUT2D eigenvalue weighted by molar-refractivity contribution is -0.134. The van der Waals surface area contributed by atoms with E-state index in [0.717, 1.165) is 18.4 Å². The van der Waals surface area contributed by atoms with Crippen molar-refractivity contribution in [2.45, 2.75) is 44.0 Å². The predicted octanol–water partition coefficient (Wildman–Crippen LogP) is 2.07. The lowest BCUT2D eigenvalue weighted by Crippen LogP contribution is -2.43. The van der Waals surface area contributed by atoms with Crippen molar-refractivity contribution in [3.8, 4) is 0 Å². The molecule has 1 aliphatic heterocycles. The first-order valence-electron chi connectivity index (χ1n) is 7.16. The zero-order valence-corrected chi connectivity index (χ0v) is 12.3. The van der Waals surface area contributed by atoms with E-state index < -0.39 is 0 Å². The Morgan fingerprint density at radius 1 is 1.35 bits per heavy atom. The number of carbonyl (C=O) groups excluding carboxylic acids is 1. The van der Waals surface area contributed by atoms with E-state index in [1.807, 2.05) is 36.9 Å². The Hall–Kier alpha value is -1.39. The molecule has 1 saturated carbocycles. The monoisotopic (exact) mass is 274 g/mol. The third kappa shape index (κ3) is 2.23. The Morgan fingerprint density at radius 3 is 2.55 bits per heavy atom. The van der Waals surface area contributed by atoms with Gasteiger partial charge in [-0.3, -0.25) is 10.1 Å². The molecule has 2 aliphatic rings. The van der Waals surface area contributed by atoms with Gasteiger partial charge < -0.3 is 9.64 Å². The molecule has 1 atom stereocenters. The van der Waals surface area contributed by atoms with E-state index in [-0.39, 0.29) is 23.2 Å². The molecule has 0 bridgehead atoms. The van der Waals surface area contributed by atoms with Gasteiger partial charge in [-0.25, -0.2) is 0 Å². The standard InChI is InChI=1S/C16H22N2O2/c1-15(2,20-3)11-18-13(12-7-5-4-6-8-12)17-16(9-10-16)14(18)19/h4-8,13,17H,9-11H2,1-3H3. The first kappa shape index (κ1) is 13.6. The molecule has 4 heteroatoms. The summed E-state index contributed by atoms with van der Waals surface area (Å²) in [5, 5.41) is 3.52. The van der Waals surface area contributed by atoms with Crippen molar-refractivity contribution in [2.75, 3.05) is 13.7 Å². The Morgan fingerprint density at radius 2 is 2.00 bits per heavy atom. The molecule has 1 amide bonds. The summed E-state index contributed by atoms with van der Waals surface area (Å²) in [6.45, 7) is 4.62. The lowest BCUT2D eigenvalue weighted by atomic mass is 10.1. The van der Waals surface area contributed by atoms with Crippen molar-refractivity contribution >= 4 is 5.91 Å². The van der Waals surface area contributed by atoms with Crippen LogP contribution in [0.4, 0.5) is 0 Å². The van der Waals surface area contributed by atoms with E-state index in [9.17, 15) is 4.79 Å². The maximum Gasteiger partial charge on any atom is 0.244 e. The Balaban J connectivity index is 1.89. The first-order valence-corrected chi connectivity index (χ1v) is 7.16. The minimum absolute atomic E-state index is 0.0411. The van der Waals surface area contributed by atoms with Gasteiger partial charge in [0, 0.05) is 7.11 Å². The fourth-order valence-corrected chi connectivity index (χ4v) is 2.81. The number of amides is 1. The normalized spacial score (nSPS) is 24.4. The topological polar surface area (TPSA) is 41.6 Å². The number of benzene rings is 1. The molecule has 2 fully saturated rings. The van der Waals surface area contributed by atoms with Crippen molar-refractivity contribution in [1.82, 2.24) is 10.2 Å². The van der Waals surface area contributed by atoms with Gasteiger partial charge in [-0.1, -0.05) is 30.3 Å². The number of ether oxygens (including phenoxy) is 1. The van der Waals surface area contributed by atoms with Crippen molar-refractivity contribution in [3.63, 3.8) is 0 Å². The van der Waals surface area contributed by atoms with Crippen LogP contribution in [0.25, 0.3) is 0 Å². The summed E-state index contributed by atoms with van der Waals surface area (Å²) in [5.41, 5.74) is 0.492. The summed E-state index contributed by atoms with van der Waals surface area (Å²) in [6.07, 6.45) is 1.85. The van der Waals surface area contributed by atoms with Crippen molar-refractivity contribution in [3.05, 3.63) is 35.9 Å². The minimum Gasteiger partial charge on any atom is -0.377 e. The maximum atomic E-state index is 12.7. The Bertz CT molecular complexity index is 508. The van der Waals surface area contributed by atoms with Gasteiger partial charge in [0.15, 0.2) is 0 Å². The summed E-state index contributed by atoms with van der Waals surface area (Å²) >= 11 is 0. The number of hydrogen-bond acceptors (Lipinski definition) is 3. The van der Waals surface area contributed by atoms with Gasteiger partial charge in [-0.2, -0.15) is 0 Å². The van der Waals surface area contributed by atoms with Crippen molar-refractivity contribution in [1.29, 1.82) is 0 Å². The van der Waals surface area contributed by atoms with Crippen molar-refractivity contribution < 1.29 is 9.53 Å². The van der Waals surface area contributed by atoms with Crippen LogP contribution in [0.3, 0.4) is 0 Å². The second-order valence-electron chi connectivity index (χ2n) is 6.44. The Labute approximate surface area is 120 Å². The van der Waals surface area contributed by atoms with E-state index in [4.69, 9.17) is 4.74 Å². The van der Waals surface area contributed by atoms with E-state index in [2.05, 4.69) is 17.4 Å². The number of carbonyl (C=O) groups is 1. The fraction of sp³-hybridized carbons (Fsp3) is 0.562. The molecule has 1 aromatic carbocycles. The zero-order valence-electron chi connectivity index (χ0n) is 12.3. The first-order chi connectivity index (χ1) is 9.47. The van der Waals surface area contributed by atoms with Crippen LogP contribution >= 0.6 is 0 Å². The summed E-state index contributed by atoms with van der Waals surface area (Å²) in [7, 11) is 1.69. The number of nitrogens with one attached hydrogen (secondary N) is 1. The highest BCUT2D eigenvalue weighted by molar-refractivity contribution is 5.92. The summed E-state index contributed by atoms with van der Waals surface area (Å²) in [4.78, 5) is 14.6. The number of nitrogens with zero attached hydrogens (tertiary/aromatic N) is 1. The van der Waals surface area contributed by atoms with Crippen LogP contribution in [0.2, 0.25) is 0 Å². The van der Waals surface area contributed by atoms with E-state index in [1.165, 1.54) is 0 Å². The molecular weight excluding hydrogens is 252 g/mol. The molecule has 1 heterocycles. The van der Waals surface area contributed by atoms with Gasteiger partial charge in [-0.15, -0.1) is 0 Å². The molecule has 1 saturated heterocycles. The Kier molecular flexibility index (Phi) is 3.10. The highest BCUT2D eigenvalue weighted by Crippen LogP contribution is 2.46. The van der Waals surface area contributed by atoms with Gasteiger partial charge >= 0.3 is 0 Å². The summed E-state index contributed by atoms with van der Waals surface area (Å²) < 4.78 is 5.50. The van der Waals surface area contributed by atoms with Gasteiger partial charge in [0.25, 0.3) is 0 Å². The van der Waals surface area contributed by atoms with E-state index >= 15 is 0 Å². The van der Waals surface area contributed by atoms with Crippen molar-refractivity contribution in [2.24, 2.45) is 0 Å². The van der Waals surface area contributed by atoms with Gasteiger partial charge in [0.2, 0.25) is 5.91 Å². The molecule has 1 aliphatic carbocycles. The third-order valence-electron chi connectivity index (χ3n) is 4.36.